The molecule has 0 aromatic heterocycles. The van der Waals surface area contributed by atoms with Crippen molar-refractivity contribution < 1.29 is 49.2 Å². The number of unbranched alkanes of at least 4 members (excludes halogenated alkanes) is 18. The number of esters is 3. The van der Waals surface area contributed by atoms with E-state index in [9.17, 15) is 14.4 Å². The molecule has 0 unspecified atom stereocenters. The van der Waals surface area contributed by atoms with E-state index in [0.29, 0.717) is 38.5 Å². The topological polar surface area (TPSA) is 78.9 Å². The van der Waals surface area contributed by atoms with Crippen LogP contribution in [-0.2, 0) is 28.6 Å². The summed E-state index contributed by atoms with van der Waals surface area (Å²) in [6.45, 7) is -8.44. The largest absolute Gasteiger partial charge is 0.462 e. The molecule has 0 aliphatic carbocycles. The lowest BCUT2D eigenvalue weighted by atomic mass is 10.1. The number of rotatable bonds is 35. The number of hydrogen-bond donors (Lipinski definition) is 0. The highest BCUT2D eigenvalue weighted by atomic mass is 16.6. The smallest absolute Gasteiger partial charge is 0.306 e. The van der Waals surface area contributed by atoms with Crippen LogP contribution in [0.1, 0.15) is 234 Å². The van der Waals surface area contributed by atoms with Gasteiger partial charge in [-0.05, 0) is 19.3 Å². The highest BCUT2D eigenvalue weighted by Crippen LogP contribution is 2.14. The fraction of sp³-hybridized carbons (Fsp3) is 0.923. The van der Waals surface area contributed by atoms with Crippen LogP contribution in [0.3, 0.4) is 0 Å². The minimum atomic E-state index is -2.64. The lowest BCUT2D eigenvalue weighted by molar-refractivity contribution is -0.167. The van der Waals surface area contributed by atoms with Crippen LogP contribution in [0, 0.1) is 0 Å². The Bertz CT molecular complexity index is 1110. The summed E-state index contributed by atoms with van der Waals surface area (Å²) in [5.74, 6) is -1.46. The fourth-order valence-corrected chi connectivity index (χ4v) is 4.98. The zero-order chi connectivity index (χ0) is 45.9. The van der Waals surface area contributed by atoms with Crippen molar-refractivity contribution in [3.8, 4) is 0 Å². The summed E-state index contributed by atoms with van der Waals surface area (Å²) in [6.07, 6.45) is 8.16. The second-order valence-electron chi connectivity index (χ2n) is 11.9. The van der Waals surface area contributed by atoms with E-state index in [4.69, 9.17) is 34.8 Å². The van der Waals surface area contributed by atoms with Crippen LogP contribution in [0.4, 0.5) is 0 Å². The lowest BCUT2D eigenvalue weighted by Gasteiger charge is -2.18. The molecule has 0 aromatic carbocycles. The summed E-state index contributed by atoms with van der Waals surface area (Å²) >= 11 is 0. The second kappa shape index (κ2) is 35.3. The van der Waals surface area contributed by atoms with Crippen LogP contribution in [-0.4, -0.2) is 37.2 Å². The molecule has 0 bridgehead atoms. The Morgan fingerprint density at radius 2 is 0.689 bits per heavy atom. The molecule has 6 heteroatoms. The molecule has 0 spiro atoms. The van der Waals surface area contributed by atoms with Gasteiger partial charge in [0.25, 0.3) is 0 Å². The molecule has 0 saturated heterocycles. The van der Waals surface area contributed by atoms with Crippen LogP contribution < -0.4 is 0 Å². The minimum absolute atomic E-state index is 0.0137. The molecule has 45 heavy (non-hydrogen) atoms. The zero-order valence-electron chi connectivity index (χ0n) is 43.0. The van der Waals surface area contributed by atoms with Gasteiger partial charge in [-0.15, -0.1) is 0 Å². The Hall–Kier alpha value is -1.59. The Morgan fingerprint density at radius 1 is 0.422 bits per heavy atom. The molecule has 6 nitrogen and oxygen atoms in total. The molecule has 0 aromatic rings. The molecule has 0 radical (unpaired) electrons. The predicted molar refractivity (Wildman–Crippen MR) is 187 cm³/mol. The highest BCUT2D eigenvalue weighted by molar-refractivity contribution is 5.71. The molecule has 266 valence electrons. The van der Waals surface area contributed by atoms with Gasteiger partial charge in [0.1, 0.15) is 13.2 Å². The van der Waals surface area contributed by atoms with Gasteiger partial charge in [0.05, 0.1) is 0 Å². The van der Waals surface area contributed by atoms with E-state index in [1.54, 1.807) is 0 Å². The SMILES string of the molecule is [2H]C([2H])([2H])C([2H])([2H])CCCCCCCCCC(=O)OCC(COC(=O)CCCCCCCCCC([2H])([2H])C([2H])([2H])[2H])OC(=O)CCCCCCCCCC([2H])([2H])C([2H])([2H])[2H]. The first-order valence-electron chi connectivity index (χ1n) is 25.2. The first kappa shape index (κ1) is 23.7. The summed E-state index contributed by atoms with van der Waals surface area (Å²) in [4.78, 5) is 37.7. The summed E-state index contributed by atoms with van der Waals surface area (Å²) in [5.41, 5.74) is 0. The van der Waals surface area contributed by atoms with E-state index in [0.717, 1.165) is 96.3 Å². The van der Waals surface area contributed by atoms with E-state index in [1.165, 1.54) is 0 Å². The second-order valence-corrected chi connectivity index (χ2v) is 11.9. The van der Waals surface area contributed by atoms with Gasteiger partial charge >= 0.3 is 17.9 Å². The van der Waals surface area contributed by atoms with Gasteiger partial charge in [0, 0.05) is 39.8 Å². The van der Waals surface area contributed by atoms with Crippen molar-refractivity contribution in [2.45, 2.75) is 219 Å². The molecule has 0 atom stereocenters. The van der Waals surface area contributed by atoms with E-state index >= 15 is 0 Å². The molecular weight excluding hydrogens is 564 g/mol. The Labute approximate surface area is 300 Å². The standard InChI is InChI=1S/C39H74O6/c1-4-7-10-13-16-19-22-25-28-31-37(40)43-34-36(45-39(42)33-30-27-24-21-18-15-12-9-6-3)35-44-38(41)32-29-26-23-20-17-14-11-8-5-2/h36H,4-35H2,1-3H3/i1D3,2D3,3D3,4D2,5D2,6D2. The maximum Gasteiger partial charge on any atom is 0.306 e. The molecule has 0 saturated carbocycles. The molecule has 0 rings (SSSR count). The summed E-state index contributed by atoms with van der Waals surface area (Å²) in [5, 5.41) is 0. The number of hydrogen-bond acceptors (Lipinski definition) is 6. The lowest BCUT2D eigenvalue weighted by Crippen LogP contribution is -2.30. The van der Waals surface area contributed by atoms with Crippen LogP contribution >= 0.6 is 0 Å². The van der Waals surface area contributed by atoms with Crippen LogP contribution in [0.5, 0.6) is 0 Å². The van der Waals surface area contributed by atoms with Gasteiger partial charge in [-0.25, -0.2) is 0 Å². The minimum Gasteiger partial charge on any atom is -0.462 e. The van der Waals surface area contributed by atoms with Crippen molar-refractivity contribution in [1.29, 1.82) is 0 Å². The normalized spacial score (nSPS) is 17.9. The van der Waals surface area contributed by atoms with E-state index in [-0.39, 0.29) is 51.7 Å². The third-order valence-corrected chi connectivity index (χ3v) is 7.71. The fourth-order valence-electron chi connectivity index (χ4n) is 4.98. The molecular formula is C39H74O6. The predicted octanol–water partition coefficient (Wildman–Crippen LogP) is 11.7. The summed E-state index contributed by atoms with van der Waals surface area (Å²) < 4.78 is 128. The molecule has 0 heterocycles. The highest BCUT2D eigenvalue weighted by Gasteiger charge is 2.19. The maximum absolute atomic E-state index is 12.7. The molecule has 0 fully saturated rings. The van der Waals surface area contributed by atoms with Gasteiger partial charge in [-0.2, -0.15) is 0 Å². The van der Waals surface area contributed by atoms with Gasteiger partial charge in [-0.3, -0.25) is 14.4 Å². The summed E-state index contributed by atoms with van der Waals surface area (Å²) in [6, 6.07) is 0. The van der Waals surface area contributed by atoms with Gasteiger partial charge in [0.15, 0.2) is 6.10 Å². The number of carbonyl (C=O) groups excluding carboxylic acids is 3. The van der Waals surface area contributed by atoms with Crippen molar-refractivity contribution in [3.05, 3.63) is 0 Å². The molecule has 0 aliphatic rings. The molecule has 0 N–H and O–H groups in total. The van der Waals surface area contributed by atoms with Crippen LogP contribution in [0.2, 0.25) is 0 Å². The first-order chi connectivity index (χ1) is 27.7. The van der Waals surface area contributed by atoms with Crippen LogP contribution in [0.15, 0.2) is 0 Å². The van der Waals surface area contributed by atoms with Gasteiger partial charge < -0.3 is 14.2 Å². The van der Waals surface area contributed by atoms with Crippen molar-refractivity contribution in [1.82, 2.24) is 0 Å². The van der Waals surface area contributed by atoms with Crippen molar-refractivity contribution in [3.63, 3.8) is 0 Å². The number of carbonyl (C=O) groups is 3. The van der Waals surface area contributed by atoms with Crippen molar-refractivity contribution >= 4 is 17.9 Å². The monoisotopic (exact) mass is 654 g/mol. The third-order valence-electron chi connectivity index (χ3n) is 7.71. The Morgan fingerprint density at radius 3 is 1.00 bits per heavy atom. The van der Waals surface area contributed by atoms with Crippen molar-refractivity contribution in [2.75, 3.05) is 13.2 Å². The maximum atomic E-state index is 12.7. The van der Waals surface area contributed by atoms with E-state index < -0.39 is 63.7 Å². The van der Waals surface area contributed by atoms with E-state index in [2.05, 4.69) is 0 Å². The zero-order valence-corrected chi connectivity index (χ0v) is 28.0. The van der Waals surface area contributed by atoms with Gasteiger partial charge in [0.2, 0.25) is 0 Å². The summed E-state index contributed by atoms with van der Waals surface area (Å²) in [7, 11) is 0. The van der Waals surface area contributed by atoms with Crippen LogP contribution in [0.25, 0.3) is 0 Å². The van der Waals surface area contributed by atoms with Crippen molar-refractivity contribution in [2.24, 2.45) is 0 Å². The Kier molecular flexibility index (Phi) is 18.6. The quantitative estimate of drug-likeness (QED) is 0.0385. The number of ether oxygens (including phenoxy) is 3. The first-order valence-corrected chi connectivity index (χ1v) is 17.7. The third kappa shape index (κ3) is 33.6. The molecule has 0 amide bonds. The Balaban J connectivity index is 4.61. The average molecular weight is 654 g/mol. The van der Waals surface area contributed by atoms with E-state index in [1.807, 2.05) is 0 Å². The average Bonchev–Trinajstić information content (AvgIpc) is 3.12. The molecule has 0 aliphatic heterocycles. The van der Waals surface area contributed by atoms with Gasteiger partial charge in [-0.1, -0.05) is 175 Å².